The fraction of sp³-hybridized carbons (Fsp3) is 0.500. The summed E-state index contributed by atoms with van der Waals surface area (Å²) in [6.45, 7) is 4.03. The summed E-state index contributed by atoms with van der Waals surface area (Å²) in [7, 11) is 3.23. The van der Waals surface area contributed by atoms with E-state index in [-0.39, 0.29) is 5.91 Å². The average molecular weight is 266 g/mol. The molecule has 106 valence electrons. The lowest BCUT2D eigenvalue weighted by Crippen LogP contribution is -2.20. The van der Waals surface area contributed by atoms with Crippen molar-refractivity contribution in [2.24, 2.45) is 0 Å². The zero-order valence-electron chi connectivity index (χ0n) is 11.8. The highest BCUT2D eigenvalue weighted by molar-refractivity contribution is 5.75. The van der Waals surface area contributed by atoms with Crippen LogP contribution in [0.4, 0.5) is 0 Å². The Balaban J connectivity index is 2.67. The molecule has 0 aliphatic heterocycles. The fourth-order valence-corrected chi connectivity index (χ4v) is 1.58. The van der Waals surface area contributed by atoms with Crippen molar-refractivity contribution in [1.82, 2.24) is 10.6 Å². The van der Waals surface area contributed by atoms with E-state index < -0.39 is 0 Å². The van der Waals surface area contributed by atoms with Crippen LogP contribution in [-0.4, -0.2) is 33.2 Å². The highest BCUT2D eigenvalue weighted by atomic mass is 16.5. The van der Waals surface area contributed by atoms with Gasteiger partial charge in [-0.2, -0.15) is 0 Å². The molecule has 2 N–H and O–H groups in total. The lowest BCUT2D eigenvalue weighted by molar-refractivity contribution is -0.121. The maximum atomic E-state index is 11.2. The Kier molecular flexibility index (Phi) is 6.74. The second-order valence-electron chi connectivity index (χ2n) is 4.03. The predicted octanol–water partition coefficient (Wildman–Crippen LogP) is 1.32. The van der Waals surface area contributed by atoms with Crippen LogP contribution in [0.25, 0.3) is 0 Å². The van der Waals surface area contributed by atoms with Crippen molar-refractivity contribution in [3.8, 4) is 11.5 Å². The van der Waals surface area contributed by atoms with Crippen molar-refractivity contribution in [2.75, 3.05) is 27.3 Å². The number of carbonyl (C=O) groups is 1. The third-order valence-electron chi connectivity index (χ3n) is 2.71. The van der Waals surface area contributed by atoms with E-state index in [0.717, 1.165) is 30.2 Å². The molecule has 0 atom stereocenters. The summed E-state index contributed by atoms with van der Waals surface area (Å²) in [4.78, 5) is 11.2. The van der Waals surface area contributed by atoms with E-state index in [0.29, 0.717) is 13.0 Å². The van der Waals surface area contributed by atoms with E-state index in [4.69, 9.17) is 9.47 Å². The molecule has 1 amide bonds. The number of ether oxygens (including phenoxy) is 2. The molecule has 0 radical (unpaired) electrons. The zero-order valence-corrected chi connectivity index (χ0v) is 11.8. The molecule has 0 aliphatic carbocycles. The number of hydrogen-bond acceptors (Lipinski definition) is 4. The summed E-state index contributed by atoms with van der Waals surface area (Å²) in [6, 6.07) is 5.71. The molecule has 0 fully saturated rings. The van der Waals surface area contributed by atoms with Gasteiger partial charge in [-0.25, -0.2) is 0 Å². The van der Waals surface area contributed by atoms with Crippen LogP contribution in [0.15, 0.2) is 18.2 Å². The topological polar surface area (TPSA) is 59.6 Å². The van der Waals surface area contributed by atoms with Gasteiger partial charge in [-0.15, -0.1) is 0 Å². The Morgan fingerprint density at radius 3 is 2.79 bits per heavy atom. The van der Waals surface area contributed by atoms with Gasteiger partial charge >= 0.3 is 0 Å². The van der Waals surface area contributed by atoms with Crippen LogP contribution < -0.4 is 20.1 Å². The maximum absolute atomic E-state index is 11.2. The summed E-state index contributed by atoms with van der Waals surface area (Å²) in [5, 5.41) is 5.82. The van der Waals surface area contributed by atoms with Crippen molar-refractivity contribution in [3.63, 3.8) is 0 Å². The predicted molar refractivity (Wildman–Crippen MR) is 74.6 cm³/mol. The molecule has 1 aromatic carbocycles. The largest absolute Gasteiger partial charge is 0.497 e. The van der Waals surface area contributed by atoms with E-state index >= 15 is 0 Å². The second kappa shape index (κ2) is 8.37. The van der Waals surface area contributed by atoms with Crippen LogP contribution >= 0.6 is 0 Å². The van der Waals surface area contributed by atoms with E-state index in [1.54, 1.807) is 14.2 Å². The van der Waals surface area contributed by atoms with Crippen LogP contribution in [0, 0.1) is 0 Å². The highest BCUT2D eigenvalue weighted by Gasteiger charge is 2.06. The van der Waals surface area contributed by atoms with Gasteiger partial charge in [0.05, 0.1) is 20.1 Å². The Bertz CT molecular complexity index is 408. The molecule has 0 bridgehead atoms. The van der Waals surface area contributed by atoms with Gasteiger partial charge in [0.25, 0.3) is 0 Å². The number of hydrogen-bond donors (Lipinski definition) is 2. The molecular weight excluding hydrogens is 244 g/mol. The maximum Gasteiger partial charge on any atom is 0.223 e. The first-order chi connectivity index (χ1) is 9.21. The Labute approximate surface area is 114 Å². The van der Waals surface area contributed by atoms with Gasteiger partial charge < -0.3 is 20.1 Å². The molecule has 0 aliphatic rings. The smallest absolute Gasteiger partial charge is 0.223 e. The third kappa shape index (κ3) is 5.18. The minimum atomic E-state index is -0.0314. The molecule has 0 aromatic heterocycles. The standard InChI is InChI=1S/C14H22N2O3/c1-4-16-10-11-5-6-12(18-3)9-13(11)19-8-7-14(17)15-2/h5-6,9,16H,4,7-8,10H2,1-3H3,(H,15,17). The van der Waals surface area contributed by atoms with Gasteiger partial charge in [0, 0.05) is 25.2 Å². The summed E-state index contributed by atoms with van der Waals surface area (Å²) in [5.74, 6) is 1.47. The first-order valence-electron chi connectivity index (χ1n) is 6.42. The van der Waals surface area contributed by atoms with Gasteiger partial charge in [-0.1, -0.05) is 13.0 Å². The molecule has 5 heteroatoms. The molecule has 0 heterocycles. The molecule has 0 saturated heterocycles. The molecule has 5 nitrogen and oxygen atoms in total. The van der Waals surface area contributed by atoms with Gasteiger partial charge in [0.1, 0.15) is 11.5 Å². The number of methoxy groups -OCH3 is 1. The highest BCUT2D eigenvalue weighted by Crippen LogP contribution is 2.25. The van der Waals surface area contributed by atoms with Gasteiger partial charge in [-0.05, 0) is 12.6 Å². The van der Waals surface area contributed by atoms with Gasteiger partial charge in [0.2, 0.25) is 5.91 Å². The van der Waals surface area contributed by atoms with Crippen LogP contribution in [-0.2, 0) is 11.3 Å². The van der Waals surface area contributed by atoms with Crippen molar-refractivity contribution in [1.29, 1.82) is 0 Å². The van der Waals surface area contributed by atoms with Crippen molar-refractivity contribution >= 4 is 5.91 Å². The van der Waals surface area contributed by atoms with Crippen molar-refractivity contribution in [3.05, 3.63) is 23.8 Å². The average Bonchev–Trinajstić information content (AvgIpc) is 2.45. The summed E-state index contributed by atoms with van der Waals surface area (Å²) in [6.07, 6.45) is 0.342. The Morgan fingerprint density at radius 2 is 2.16 bits per heavy atom. The van der Waals surface area contributed by atoms with Crippen molar-refractivity contribution in [2.45, 2.75) is 19.9 Å². The summed E-state index contributed by atoms with van der Waals surface area (Å²) in [5.41, 5.74) is 1.06. The molecule has 0 spiro atoms. The van der Waals surface area contributed by atoms with E-state index in [1.165, 1.54) is 0 Å². The van der Waals surface area contributed by atoms with Crippen molar-refractivity contribution < 1.29 is 14.3 Å². The normalized spacial score (nSPS) is 10.1. The zero-order chi connectivity index (χ0) is 14.1. The van der Waals surface area contributed by atoms with Gasteiger partial charge in [-0.3, -0.25) is 4.79 Å². The van der Waals surface area contributed by atoms with Crippen LogP contribution in [0.1, 0.15) is 18.9 Å². The van der Waals surface area contributed by atoms with Gasteiger partial charge in [0.15, 0.2) is 0 Å². The molecule has 0 unspecified atom stereocenters. The minimum absolute atomic E-state index is 0.0314. The lowest BCUT2D eigenvalue weighted by atomic mass is 10.2. The number of rotatable bonds is 8. The molecular formula is C14H22N2O3. The van der Waals surface area contributed by atoms with E-state index in [1.807, 2.05) is 18.2 Å². The summed E-state index contributed by atoms with van der Waals surface area (Å²) >= 11 is 0. The monoisotopic (exact) mass is 266 g/mol. The van der Waals surface area contributed by atoms with Crippen LogP contribution in [0.2, 0.25) is 0 Å². The molecule has 0 saturated carbocycles. The first kappa shape index (κ1) is 15.3. The number of nitrogens with one attached hydrogen (secondary N) is 2. The SMILES string of the molecule is CCNCc1ccc(OC)cc1OCCC(=O)NC. The summed E-state index contributed by atoms with van der Waals surface area (Å²) < 4.78 is 10.9. The Morgan fingerprint density at radius 1 is 1.37 bits per heavy atom. The molecule has 1 aromatic rings. The minimum Gasteiger partial charge on any atom is -0.497 e. The molecule has 1 rings (SSSR count). The number of benzene rings is 1. The van der Waals surface area contributed by atoms with Crippen LogP contribution in [0.3, 0.4) is 0 Å². The third-order valence-corrected chi connectivity index (χ3v) is 2.71. The lowest BCUT2D eigenvalue weighted by Gasteiger charge is -2.13. The second-order valence-corrected chi connectivity index (χ2v) is 4.03. The van der Waals surface area contributed by atoms with Crippen LogP contribution in [0.5, 0.6) is 11.5 Å². The quantitative estimate of drug-likeness (QED) is 0.745. The van der Waals surface area contributed by atoms with E-state index in [2.05, 4.69) is 17.6 Å². The number of carbonyl (C=O) groups excluding carboxylic acids is 1. The van der Waals surface area contributed by atoms with E-state index in [9.17, 15) is 4.79 Å². The molecule has 19 heavy (non-hydrogen) atoms. The Hall–Kier alpha value is -1.75. The fourth-order valence-electron chi connectivity index (χ4n) is 1.58. The number of amides is 1. The first-order valence-corrected chi connectivity index (χ1v) is 6.42.